The lowest BCUT2D eigenvalue weighted by Gasteiger charge is -2.29. The zero-order valence-electron chi connectivity index (χ0n) is 18.3. The van der Waals surface area contributed by atoms with E-state index in [4.69, 9.17) is 0 Å². The molecule has 0 saturated carbocycles. The predicted molar refractivity (Wildman–Crippen MR) is 128 cm³/mol. The van der Waals surface area contributed by atoms with E-state index < -0.39 is 5.41 Å². The molecule has 2 aromatic carbocycles. The van der Waals surface area contributed by atoms with E-state index in [9.17, 15) is 9.18 Å². The van der Waals surface area contributed by atoms with E-state index in [1.807, 2.05) is 31.4 Å². The van der Waals surface area contributed by atoms with Crippen molar-refractivity contribution in [1.82, 2.24) is 15.6 Å². The first-order chi connectivity index (χ1) is 15.4. The molecule has 3 N–H and O–H groups in total. The van der Waals surface area contributed by atoms with Crippen molar-refractivity contribution in [2.24, 2.45) is 0 Å². The van der Waals surface area contributed by atoms with Crippen LogP contribution < -0.4 is 20.9 Å². The molecule has 1 aromatic heterocycles. The van der Waals surface area contributed by atoms with Crippen LogP contribution in [0.2, 0.25) is 0 Å². The quantitative estimate of drug-likeness (QED) is 0.519. The fourth-order valence-corrected chi connectivity index (χ4v) is 4.58. The van der Waals surface area contributed by atoms with Gasteiger partial charge in [-0.05, 0) is 35.4 Å². The number of piperazine rings is 1. The predicted octanol–water partition coefficient (Wildman–Crippen LogP) is 4.34. The second-order valence-electron chi connectivity index (χ2n) is 8.38. The number of amides is 2. The zero-order valence-corrected chi connectivity index (χ0v) is 19.1. The maximum atomic E-state index is 13.3. The highest BCUT2D eigenvalue weighted by Gasteiger charge is 2.26. The summed E-state index contributed by atoms with van der Waals surface area (Å²) in [7, 11) is 0. The average Bonchev–Trinajstić information content (AvgIpc) is 3.28. The number of nitrogens with zero attached hydrogens (tertiary/aromatic N) is 2. The number of carbonyl (C=O) groups is 1. The molecule has 1 fully saturated rings. The Labute approximate surface area is 191 Å². The van der Waals surface area contributed by atoms with Gasteiger partial charge < -0.3 is 15.5 Å². The van der Waals surface area contributed by atoms with Crippen LogP contribution in [0.25, 0.3) is 0 Å². The minimum Gasteiger partial charge on any atom is -0.369 e. The Morgan fingerprint density at radius 1 is 1.12 bits per heavy atom. The summed E-state index contributed by atoms with van der Waals surface area (Å²) < 4.78 is 13.3. The number of halogens is 1. The Morgan fingerprint density at radius 2 is 1.81 bits per heavy atom. The zero-order chi connectivity index (χ0) is 22.6. The molecule has 6 nitrogen and oxygen atoms in total. The van der Waals surface area contributed by atoms with E-state index in [1.54, 1.807) is 12.1 Å². The van der Waals surface area contributed by atoms with Crippen molar-refractivity contribution in [3.05, 3.63) is 76.5 Å². The van der Waals surface area contributed by atoms with E-state index in [1.165, 1.54) is 29.2 Å². The van der Waals surface area contributed by atoms with Crippen molar-refractivity contribution < 1.29 is 9.18 Å². The Balaban J connectivity index is 1.31. The number of hydrogen-bond donors (Lipinski definition) is 3. The highest BCUT2D eigenvalue weighted by Crippen LogP contribution is 2.33. The molecule has 1 aliphatic rings. The first kappa shape index (κ1) is 22.2. The van der Waals surface area contributed by atoms with Crippen LogP contribution in [0.4, 0.5) is 20.0 Å². The van der Waals surface area contributed by atoms with E-state index in [0.717, 1.165) is 43.0 Å². The van der Waals surface area contributed by atoms with Crippen molar-refractivity contribution >= 4 is 28.2 Å². The number of benzene rings is 2. The van der Waals surface area contributed by atoms with Gasteiger partial charge in [-0.1, -0.05) is 38.1 Å². The third-order valence-corrected chi connectivity index (χ3v) is 6.56. The number of hydrogen-bond acceptors (Lipinski definition) is 5. The van der Waals surface area contributed by atoms with Gasteiger partial charge in [0.1, 0.15) is 5.82 Å². The molecule has 0 bridgehead atoms. The smallest absolute Gasteiger partial charge is 0.321 e. The Bertz CT molecular complexity index is 1040. The summed E-state index contributed by atoms with van der Waals surface area (Å²) in [5.41, 5.74) is 3.64. The van der Waals surface area contributed by atoms with E-state index in [0.29, 0.717) is 11.7 Å². The van der Waals surface area contributed by atoms with Gasteiger partial charge in [-0.15, -0.1) is 11.3 Å². The molecule has 2 amide bonds. The van der Waals surface area contributed by atoms with Crippen LogP contribution in [-0.4, -0.2) is 37.2 Å². The summed E-state index contributed by atoms with van der Waals surface area (Å²) >= 11 is 1.37. The van der Waals surface area contributed by atoms with E-state index in [2.05, 4.69) is 38.0 Å². The van der Waals surface area contributed by atoms with Gasteiger partial charge in [-0.2, -0.15) is 0 Å². The van der Waals surface area contributed by atoms with Gasteiger partial charge in [-0.25, -0.2) is 14.2 Å². The number of carbonyl (C=O) groups excluding carboxylic acids is 1. The highest BCUT2D eigenvalue weighted by molar-refractivity contribution is 7.13. The minimum absolute atomic E-state index is 0.264. The summed E-state index contributed by atoms with van der Waals surface area (Å²) in [6.07, 6.45) is 0. The van der Waals surface area contributed by atoms with Crippen LogP contribution in [-0.2, 0) is 12.0 Å². The van der Waals surface area contributed by atoms with E-state index >= 15 is 0 Å². The molecule has 8 heteroatoms. The van der Waals surface area contributed by atoms with Crippen LogP contribution in [0.5, 0.6) is 0 Å². The molecule has 0 radical (unpaired) electrons. The van der Waals surface area contributed by atoms with Crippen molar-refractivity contribution in [2.75, 3.05) is 36.4 Å². The van der Waals surface area contributed by atoms with Gasteiger partial charge in [0.05, 0.1) is 5.69 Å². The third-order valence-electron chi connectivity index (χ3n) is 5.80. The van der Waals surface area contributed by atoms with Gasteiger partial charge in [0.15, 0.2) is 5.13 Å². The number of urea groups is 1. The molecule has 32 heavy (non-hydrogen) atoms. The molecule has 3 aromatic rings. The van der Waals surface area contributed by atoms with Gasteiger partial charge in [0.25, 0.3) is 0 Å². The van der Waals surface area contributed by atoms with Gasteiger partial charge in [0.2, 0.25) is 0 Å². The number of anilines is 2. The molecular weight excluding hydrogens is 425 g/mol. The molecular formula is C24H28FN5OS. The fraction of sp³-hybridized carbons (Fsp3) is 0.333. The lowest BCUT2D eigenvalue weighted by atomic mass is 9.82. The van der Waals surface area contributed by atoms with Crippen LogP contribution in [0.15, 0.2) is 53.9 Å². The molecule has 0 spiro atoms. The topological polar surface area (TPSA) is 69.3 Å². The van der Waals surface area contributed by atoms with Crippen molar-refractivity contribution in [2.45, 2.75) is 25.8 Å². The molecule has 1 aliphatic heterocycles. The van der Waals surface area contributed by atoms with Crippen molar-refractivity contribution in [3.8, 4) is 0 Å². The summed E-state index contributed by atoms with van der Waals surface area (Å²) in [4.78, 5) is 19.3. The second-order valence-corrected chi connectivity index (χ2v) is 9.24. The largest absolute Gasteiger partial charge is 0.369 e. The molecule has 2 heterocycles. The van der Waals surface area contributed by atoms with Crippen LogP contribution >= 0.6 is 11.3 Å². The summed E-state index contributed by atoms with van der Waals surface area (Å²) in [6.45, 7) is 8.52. The average molecular weight is 454 g/mol. The lowest BCUT2D eigenvalue weighted by Crippen LogP contribution is -2.43. The first-order valence-electron chi connectivity index (χ1n) is 10.7. The van der Waals surface area contributed by atoms with Gasteiger partial charge in [-0.3, -0.25) is 5.32 Å². The summed E-state index contributed by atoms with van der Waals surface area (Å²) in [5.74, 6) is -0.264. The standard InChI is InChI=1S/C24H28FN5OS/c1-24(2,18-5-7-19(25)8-6-18)21-16-32-23(28-21)29-22(31)27-15-17-3-9-20(10-4-17)30-13-11-26-12-14-30/h3-10,16,26H,11-15H2,1-2H3,(H2,27,28,29,31). The SMILES string of the molecule is CC(C)(c1ccc(F)cc1)c1csc(NC(=O)NCc2ccc(N3CCNCC3)cc2)n1. The van der Waals surface area contributed by atoms with Crippen molar-refractivity contribution in [1.29, 1.82) is 0 Å². The number of thiazole rings is 1. The first-order valence-corrected chi connectivity index (χ1v) is 11.6. The Kier molecular flexibility index (Phi) is 6.72. The van der Waals surface area contributed by atoms with Crippen LogP contribution in [0.1, 0.15) is 30.7 Å². The highest BCUT2D eigenvalue weighted by atomic mass is 32.1. The van der Waals surface area contributed by atoms with Crippen molar-refractivity contribution in [3.63, 3.8) is 0 Å². The maximum Gasteiger partial charge on any atom is 0.321 e. The maximum absolute atomic E-state index is 13.3. The summed E-state index contributed by atoms with van der Waals surface area (Å²) in [5, 5.41) is 11.5. The second kappa shape index (κ2) is 9.67. The number of rotatable bonds is 6. The minimum atomic E-state index is -0.396. The molecule has 0 aliphatic carbocycles. The molecule has 0 unspecified atom stereocenters. The number of nitrogens with one attached hydrogen (secondary N) is 3. The molecule has 1 saturated heterocycles. The Hall–Kier alpha value is -2.97. The lowest BCUT2D eigenvalue weighted by molar-refractivity contribution is 0.251. The van der Waals surface area contributed by atoms with Crippen LogP contribution in [0.3, 0.4) is 0 Å². The molecule has 168 valence electrons. The van der Waals surface area contributed by atoms with Gasteiger partial charge in [0, 0.05) is 49.2 Å². The van der Waals surface area contributed by atoms with Crippen LogP contribution in [0, 0.1) is 5.82 Å². The monoisotopic (exact) mass is 453 g/mol. The molecule has 4 rings (SSSR count). The number of aromatic nitrogens is 1. The molecule has 0 atom stereocenters. The summed E-state index contributed by atoms with van der Waals surface area (Å²) in [6, 6.07) is 14.4. The fourth-order valence-electron chi connectivity index (χ4n) is 3.70. The Morgan fingerprint density at radius 3 is 2.50 bits per heavy atom. The van der Waals surface area contributed by atoms with Gasteiger partial charge >= 0.3 is 6.03 Å². The normalized spacial score (nSPS) is 14.3. The van der Waals surface area contributed by atoms with E-state index in [-0.39, 0.29) is 11.8 Å². The third kappa shape index (κ3) is 5.26.